The van der Waals surface area contributed by atoms with Gasteiger partial charge in [-0.15, -0.1) is 0 Å². The van der Waals surface area contributed by atoms with Crippen LogP contribution in [0.1, 0.15) is 31.4 Å². The standard InChI is InChI=1S/C18H24FN3O2/c1-12(23)21-7-3-6-17(24)22-11-14-9-20-10-16(14)18(22)13-4-2-5-15(19)8-13/h2,4-5,8,14,16,18,20H,3,6-7,9-11H2,1H3,(H,21,23)/t14-,16-,18+/m0/s1. The van der Waals surface area contributed by atoms with Crippen molar-refractivity contribution in [2.45, 2.75) is 25.8 Å². The minimum atomic E-state index is -0.264. The van der Waals surface area contributed by atoms with Crippen LogP contribution in [0.3, 0.4) is 0 Å². The largest absolute Gasteiger partial charge is 0.356 e. The third-order valence-corrected chi connectivity index (χ3v) is 5.02. The van der Waals surface area contributed by atoms with Crippen molar-refractivity contribution in [3.63, 3.8) is 0 Å². The lowest BCUT2D eigenvalue weighted by Gasteiger charge is -2.28. The molecule has 2 saturated heterocycles. The van der Waals surface area contributed by atoms with Crippen molar-refractivity contribution in [1.29, 1.82) is 0 Å². The first-order valence-corrected chi connectivity index (χ1v) is 8.56. The zero-order chi connectivity index (χ0) is 17.1. The minimum absolute atomic E-state index is 0.0611. The van der Waals surface area contributed by atoms with E-state index >= 15 is 0 Å². The lowest BCUT2D eigenvalue weighted by molar-refractivity contribution is -0.133. The van der Waals surface area contributed by atoms with E-state index in [-0.39, 0.29) is 23.7 Å². The second-order valence-corrected chi connectivity index (χ2v) is 6.71. The van der Waals surface area contributed by atoms with Crippen LogP contribution in [0.2, 0.25) is 0 Å². The van der Waals surface area contributed by atoms with Crippen LogP contribution in [0.25, 0.3) is 0 Å². The minimum Gasteiger partial charge on any atom is -0.356 e. The number of carbonyl (C=O) groups is 2. The van der Waals surface area contributed by atoms with Crippen LogP contribution in [-0.2, 0) is 9.59 Å². The Morgan fingerprint density at radius 3 is 2.96 bits per heavy atom. The number of halogens is 1. The van der Waals surface area contributed by atoms with Crippen molar-refractivity contribution in [3.8, 4) is 0 Å². The van der Waals surface area contributed by atoms with E-state index in [1.54, 1.807) is 12.1 Å². The Morgan fingerprint density at radius 2 is 2.21 bits per heavy atom. The smallest absolute Gasteiger partial charge is 0.223 e. The molecule has 0 unspecified atom stereocenters. The molecule has 0 saturated carbocycles. The number of fused-ring (bicyclic) bond motifs is 1. The van der Waals surface area contributed by atoms with Crippen molar-refractivity contribution in [2.24, 2.45) is 11.8 Å². The van der Waals surface area contributed by atoms with Crippen molar-refractivity contribution in [3.05, 3.63) is 35.6 Å². The molecule has 0 spiro atoms. The molecule has 0 bridgehead atoms. The number of rotatable bonds is 5. The van der Waals surface area contributed by atoms with Gasteiger partial charge in [0.1, 0.15) is 5.82 Å². The summed E-state index contributed by atoms with van der Waals surface area (Å²) in [6.45, 7) is 4.47. The molecule has 2 aliphatic heterocycles. The fourth-order valence-corrected chi connectivity index (χ4v) is 3.94. The topological polar surface area (TPSA) is 61.4 Å². The highest BCUT2D eigenvalue weighted by molar-refractivity contribution is 5.77. The average molecular weight is 333 g/mol. The number of hydrogen-bond acceptors (Lipinski definition) is 3. The lowest BCUT2D eigenvalue weighted by atomic mass is 9.89. The molecule has 130 valence electrons. The van der Waals surface area contributed by atoms with Crippen LogP contribution in [0.4, 0.5) is 4.39 Å². The number of amides is 2. The summed E-state index contributed by atoms with van der Waals surface area (Å²) in [5.41, 5.74) is 0.876. The van der Waals surface area contributed by atoms with E-state index in [2.05, 4.69) is 10.6 Å². The Kier molecular flexibility index (Phi) is 5.14. The van der Waals surface area contributed by atoms with Crippen molar-refractivity contribution in [2.75, 3.05) is 26.2 Å². The molecular formula is C18H24FN3O2. The Balaban J connectivity index is 1.70. The van der Waals surface area contributed by atoms with Gasteiger partial charge in [0.2, 0.25) is 11.8 Å². The fraction of sp³-hybridized carbons (Fsp3) is 0.556. The van der Waals surface area contributed by atoms with Crippen LogP contribution in [0, 0.1) is 17.7 Å². The first-order valence-electron chi connectivity index (χ1n) is 8.56. The van der Waals surface area contributed by atoms with Crippen LogP contribution >= 0.6 is 0 Å². The van der Waals surface area contributed by atoms with Crippen molar-refractivity contribution >= 4 is 11.8 Å². The Morgan fingerprint density at radius 1 is 1.38 bits per heavy atom. The zero-order valence-electron chi connectivity index (χ0n) is 13.9. The van der Waals surface area contributed by atoms with Gasteiger partial charge in [-0.05, 0) is 30.0 Å². The second kappa shape index (κ2) is 7.30. The first-order chi connectivity index (χ1) is 11.6. The molecule has 2 aliphatic rings. The summed E-state index contributed by atoms with van der Waals surface area (Å²) in [7, 11) is 0. The SMILES string of the molecule is CC(=O)NCCCC(=O)N1C[C@@H]2CNC[C@@H]2[C@H]1c1cccc(F)c1. The van der Waals surface area contributed by atoms with Gasteiger partial charge in [-0.1, -0.05) is 12.1 Å². The molecule has 1 aromatic carbocycles. The predicted molar refractivity (Wildman–Crippen MR) is 88.6 cm³/mol. The quantitative estimate of drug-likeness (QED) is 0.802. The van der Waals surface area contributed by atoms with Gasteiger partial charge in [-0.3, -0.25) is 9.59 Å². The lowest BCUT2D eigenvalue weighted by Crippen LogP contribution is -2.35. The normalized spacial score (nSPS) is 25.6. The van der Waals surface area contributed by atoms with Gasteiger partial charge >= 0.3 is 0 Å². The number of benzene rings is 1. The van der Waals surface area contributed by atoms with E-state index in [0.717, 1.165) is 25.2 Å². The summed E-state index contributed by atoms with van der Waals surface area (Å²) in [4.78, 5) is 25.5. The molecule has 0 aromatic heterocycles. The first kappa shape index (κ1) is 16.9. The average Bonchev–Trinajstić information content (AvgIpc) is 3.11. The fourth-order valence-electron chi connectivity index (χ4n) is 3.94. The van der Waals surface area contributed by atoms with E-state index in [9.17, 15) is 14.0 Å². The molecule has 2 heterocycles. The molecule has 5 nitrogen and oxygen atoms in total. The summed E-state index contributed by atoms with van der Waals surface area (Å²) in [6.07, 6.45) is 1.03. The Labute approximate surface area is 141 Å². The predicted octanol–water partition coefficient (Wildman–Crippen LogP) is 1.46. The van der Waals surface area contributed by atoms with Gasteiger partial charge in [0.05, 0.1) is 6.04 Å². The summed E-state index contributed by atoms with van der Waals surface area (Å²) in [5.74, 6) is 0.509. The highest BCUT2D eigenvalue weighted by Crippen LogP contribution is 2.43. The highest BCUT2D eigenvalue weighted by Gasteiger charge is 2.46. The van der Waals surface area contributed by atoms with E-state index in [4.69, 9.17) is 0 Å². The van der Waals surface area contributed by atoms with E-state index < -0.39 is 0 Å². The molecule has 0 aliphatic carbocycles. The van der Waals surface area contributed by atoms with Crippen molar-refractivity contribution in [1.82, 2.24) is 15.5 Å². The summed E-state index contributed by atoms with van der Waals surface area (Å²) in [5, 5.41) is 6.10. The van der Waals surface area contributed by atoms with Crippen LogP contribution in [0.15, 0.2) is 24.3 Å². The van der Waals surface area contributed by atoms with Gasteiger partial charge in [0.15, 0.2) is 0 Å². The van der Waals surface area contributed by atoms with E-state index in [0.29, 0.717) is 31.2 Å². The maximum atomic E-state index is 13.7. The van der Waals surface area contributed by atoms with Crippen molar-refractivity contribution < 1.29 is 14.0 Å². The molecule has 3 atom stereocenters. The van der Waals surface area contributed by atoms with Gasteiger partial charge in [0.25, 0.3) is 0 Å². The van der Waals surface area contributed by atoms with Crippen LogP contribution < -0.4 is 10.6 Å². The molecular weight excluding hydrogens is 309 g/mol. The number of likely N-dealkylation sites (tertiary alicyclic amines) is 1. The third-order valence-electron chi connectivity index (χ3n) is 5.02. The second-order valence-electron chi connectivity index (χ2n) is 6.71. The molecule has 2 N–H and O–H groups in total. The molecule has 0 radical (unpaired) electrons. The van der Waals surface area contributed by atoms with Gasteiger partial charge < -0.3 is 15.5 Å². The van der Waals surface area contributed by atoms with Crippen LogP contribution in [0.5, 0.6) is 0 Å². The van der Waals surface area contributed by atoms with E-state index in [1.807, 2.05) is 11.0 Å². The summed E-state index contributed by atoms with van der Waals surface area (Å²) >= 11 is 0. The van der Waals surface area contributed by atoms with Gasteiger partial charge in [-0.25, -0.2) is 4.39 Å². The number of carbonyl (C=O) groups excluding carboxylic acids is 2. The highest BCUT2D eigenvalue weighted by atomic mass is 19.1. The molecule has 1 aromatic rings. The zero-order valence-corrected chi connectivity index (χ0v) is 13.9. The van der Waals surface area contributed by atoms with Gasteiger partial charge in [-0.2, -0.15) is 0 Å². The monoisotopic (exact) mass is 333 g/mol. The maximum absolute atomic E-state index is 13.7. The van der Waals surface area contributed by atoms with Gasteiger partial charge in [0, 0.05) is 45.4 Å². The Bertz CT molecular complexity index is 622. The summed E-state index contributed by atoms with van der Waals surface area (Å²) in [6, 6.07) is 6.53. The summed E-state index contributed by atoms with van der Waals surface area (Å²) < 4.78 is 13.7. The van der Waals surface area contributed by atoms with Crippen LogP contribution in [-0.4, -0.2) is 42.9 Å². The number of hydrogen-bond donors (Lipinski definition) is 2. The number of nitrogens with zero attached hydrogens (tertiary/aromatic N) is 1. The molecule has 2 fully saturated rings. The molecule has 3 rings (SSSR count). The molecule has 24 heavy (non-hydrogen) atoms. The third kappa shape index (κ3) is 3.59. The maximum Gasteiger partial charge on any atom is 0.223 e. The number of nitrogens with one attached hydrogen (secondary N) is 2. The Hall–Kier alpha value is -1.95. The molecule has 6 heteroatoms. The molecule has 2 amide bonds. The van der Waals surface area contributed by atoms with E-state index in [1.165, 1.54) is 13.0 Å².